The Kier molecular flexibility index (Phi) is 3.48. The highest BCUT2D eigenvalue weighted by Gasteiger charge is 2.18. The molecular weight excluding hydrogens is 363 g/mol. The van der Waals surface area contributed by atoms with Crippen molar-refractivity contribution in [3.63, 3.8) is 0 Å². The van der Waals surface area contributed by atoms with Crippen LogP contribution in [0.2, 0.25) is 0 Å². The molecule has 0 atom stereocenters. The summed E-state index contributed by atoms with van der Waals surface area (Å²) in [6, 6.07) is 16.2. The van der Waals surface area contributed by atoms with Crippen LogP contribution in [0.15, 0.2) is 53.1 Å². The molecule has 3 nitrogen and oxygen atoms in total. The van der Waals surface area contributed by atoms with Gasteiger partial charge >= 0.3 is 0 Å². The molecular formula is C16H13IN2O. The lowest BCUT2D eigenvalue weighted by molar-refractivity contribution is 0.436. The molecule has 100 valence electrons. The van der Waals surface area contributed by atoms with Gasteiger partial charge in [-0.1, -0.05) is 53.2 Å². The molecule has 20 heavy (non-hydrogen) atoms. The van der Waals surface area contributed by atoms with Crippen molar-refractivity contribution in [1.29, 1.82) is 0 Å². The highest BCUT2D eigenvalue weighted by molar-refractivity contribution is 14.1. The van der Waals surface area contributed by atoms with Gasteiger partial charge in [-0.15, -0.1) is 0 Å². The van der Waals surface area contributed by atoms with Crippen LogP contribution in [0.3, 0.4) is 0 Å². The fourth-order valence-corrected chi connectivity index (χ4v) is 2.76. The molecule has 2 aromatic carbocycles. The van der Waals surface area contributed by atoms with E-state index in [0.717, 1.165) is 26.0 Å². The molecule has 2 N–H and O–H groups in total. The number of hydrogen-bond acceptors (Lipinski definition) is 3. The van der Waals surface area contributed by atoms with Crippen LogP contribution < -0.4 is 5.73 Å². The lowest BCUT2D eigenvalue weighted by atomic mass is 10.0. The van der Waals surface area contributed by atoms with Crippen molar-refractivity contribution in [3.8, 4) is 22.5 Å². The van der Waals surface area contributed by atoms with E-state index < -0.39 is 0 Å². The van der Waals surface area contributed by atoms with E-state index in [1.54, 1.807) is 0 Å². The number of nitrogens with zero attached hydrogens (tertiary/aromatic N) is 1. The van der Waals surface area contributed by atoms with E-state index in [1.165, 1.54) is 5.56 Å². The van der Waals surface area contributed by atoms with Crippen molar-refractivity contribution in [2.75, 3.05) is 5.73 Å². The Morgan fingerprint density at radius 2 is 1.75 bits per heavy atom. The number of rotatable bonds is 2. The number of nitrogen functional groups attached to an aromatic ring is 1. The molecule has 1 heterocycles. The first-order valence-corrected chi connectivity index (χ1v) is 7.32. The number of aryl methyl sites for hydroxylation is 1. The second-order valence-electron chi connectivity index (χ2n) is 4.62. The number of benzene rings is 2. The van der Waals surface area contributed by atoms with Crippen LogP contribution in [-0.4, -0.2) is 5.16 Å². The predicted molar refractivity (Wildman–Crippen MR) is 89.2 cm³/mol. The average Bonchev–Trinajstić information content (AvgIpc) is 2.82. The zero-order valence-electron chi connectivity index (χ0n) is 10.9. The zero-order chi connectivity index (χ0) is 14.1. The first kappa shape index (κ1) is 13.2. The summed E-state index contributed by atoms with van der Waals surface area (Å²) in [6.07, 6.45) is 0. The summed E-state index contributed by atoms with van der Waals surface area (Å²) in [7, 11) is 0. The fraction of sp³-hybridized carbons (Fsp3) is 0.0625. The second-order valence-corrected chi connectivity index (χ2v) is 5.78. The van der Waals surface area contributed by atoms with Crippen molar-refractivity contribution in [2.24, 2.45) is 0 Å². The molecule has 0 saturated heterocycles. The van der Waals surface area contributed by atoms with Crippen molar-refractivity contribution in [2.45, 2.75) is 6.92 Å². The molecule has 0 bridgehead atoms. The van der Waals surface area contributed by atoms with Crippen LogP contribution in [-0.2, 0) is 0 Å². The Morgan fingerprint density at radius 3 is 2.45 bits per heavy atom. The molecule has 1 aromatic heterocycles. The van der Waals surface area contributed by atoms with Crippen LogP contribution in [0.5, 0.6) is 0 Å². The fourth-order valence-electron chi connectivity index (χ4n) is 2.13. The van der Waals surface area contributed by atoms with E-state index in [0.29, 0.717) is 5.82 Å². The smallest absolute Gasteiger partial charge is 0.177 e. The normalized spacial score (nSPS) is 10.7. The summed E-state index contributed by atoms with van der Waals surface area (Å²) in [5.41, 5.74) is 10.1. The number of halogens is 1. The van der Waals surface area contributed by atoms with Crippen LogP contribution >= 0.6 is 22.6 Å². The van der Waals surface area contributed by atoms with Gasteiger partial charge in [-0.2, -0.15) is 0 Å². The molecule has 4 heteroatoms. The van der Waals surface area contributed by atoms with E-state index in [4.69, 9.17) is 10.3 Å². The van der Waals surface area contributed by atoms with E-state index in [-0.39, 0.29) is 0 Å². The zero-order valence-corrected chi connectivity index (χ0v) is 13.1. The predicted octanol–water partition coefficient (Wildman–Crippen LogP) is 4.50. The van der Waals surface area contributed by atoms with E-state index in [1.807, 2.05) is 36.4 Å². The number of aromatic nitrogens is 1. The summed E-state index contributed by atoms with van der Waals surface area (Å²) in [6.45, 7) is 2.06. The largest absolute Gasteiger partial charge is 0.380 e. The van der Waals surface area contributed by atoms with Gasteiger partial charge in [-0.25, -0.2) is 0 Å². The summed E-state index contributed by atoms with van der Waals surface area (Å²) in [5.74, 6) is 1.14. The number of anilines is 1. The number of nitrogens with two attached hydrogens (primary N) is 1. The Balaban J connectivity index is 2.20. The minimum atomic E-state index is 0.420. The third-order valence-electron chi connectivity index (χ3n) is 3.18. The maximum Gasteiger partial charge on any atom is 0.177 e. The van der Waals surface area contributed by atoms with Crippen LogP contribution in [0.4, 0.5) is 5.82 Å². The monoisotopic (exact) mass is 376 g/mol. The third kappa shape index (κ3) is 2.31. The topological polar surface area (TPSA) is 52.0 Å². The molecule has 0 spiro atoms. The van der Waals surface area contributed by atoms with Gasteiger partial charge in [0.15, 0.2) is 11.6 Å². The van der Waals surface area contributed by atoms with Gasteiger partial charge in [-0.3, -0.25) is 0 Å². The van der Waals surface area contributed by atoms with Crippen molar-refractivity contribution >= 4 is 28.4 Å². The lowest BCUT2D eigenvalue weighted by Crippen LogP contribution is -1.89. The van der Waals surface area contributed by atoms with E-state index in [2.05, 4.69) is 46.8 Å². The van der Waals surface area contributed by atoms with Gasteiger partial charge in [-0.05, 0) is 41.1 Å². The average molecular weight is 376 g/mol. The highest BCUT2D eigenvalue weighted by Crippen LogP contribution is 2.38. The molecule has 3 aromatic rings. The Bertz CT molecular complexity index is 747. The van der Waals surface area contributed by atoms with Crippen LogP contribution in [0.25, 0.3) is 22.5 Å². The maximum atomic E-state index is 5.99. The van der Waals surface area contributed by atoms with Crippen LogP contribution in [0.1, 0.15) is 5.56 Å². The lowest BCUT2D eigenvalue weighted by Gasteiger charge is -2.05. The van der Waals surface area contributed by atoms with E-state index >= 15 is 0 Å². The molecule has 3 rings (SSSR count). The SMILES string of the molecule is Cc1ccc(-c2c(N)noc2-c2ccccc2I)cc1. The first-order chi connectivity index (χ1) is 9.66. The van der Waals surface area contributed by atoms with Gasteiger partial charge in [0.2, 0.25) is 0 Å². The first-order valence-electron chi connectivity index (χ1n) is 6.24. The van der Waals surface area contributed by atoms with Crippen molar-refractivity contribution < 1.29 is 4.52 Å². The van der Waals surface area contributed by atoms with Gasteiger partial charge in [0.25, 0.3) is 0 Å². The van der Waals surface area contributed by atoms with Gasteiger partial charge < -0.3 is 10.3 Å². The Morgan fingerprint density at radius 1 is 1.05 bits per heavy atom. The van der Waals surface area contributed by atoms with Crippen LogP contribution in [0, 0.1) is 10.5 Å². The van der Waals surface area contributed by atoms with E-state index in [9.17, 15) is 0 Å². The van der Waals surface area contributed by atoms with Gasteiger partial charge in [0, 0.05) is 9.13 Å². The summed E-state index contributed by atoms with van der Waals surface area (Å²) >= 11 is 2.29. The molecule has 0 fully saturated rings. The molecule has 0 aliphatic rings. The third-order valence-corrected chi connectivity index (χ3v) is 4.12. The molecule has 0 amide bonds. The van der Waals surface area contributed by atoms with Gasteiger partial charge in [0.05, 0.1) is 5.56 Å². The summed E-state index contributed by atoms with van der Waals surface area (Å²) in [5, 5.41) is 3.93. The summed E-state index contributed by atoms with van der Waals surface area (Å²) < 4.78 is 6.57. The Hall–Kier alpha value is -1.82. The quantitative estimate of drug-likeness (QED) is 0.670. The molecule has 0 aliphatic carbocycles. The molecule has 0 aliphatic heterocycles. The summed E-state index contributed by atoms with van der Waals surface area (Å²) in [4.78, 5) is 0. The second kappa shape index (κ2) is 5.28. The van der Waals surface area contributed by atoms with Crippen molar-refractivity contribution in [1.82, 2.24) is 5.16 Å². The minimum Gasteiger partial charge on any atom is -0.380 e. The maximum absolute atomic E-state index is 5.99. The highest BCUT2D eigenvalue weighted by atomic mass is 127. The number of hydrogen-bond donors (Lipinski definition) is 1. The van der Waals surface area contributed by atoms with Gasteiger partial charge in [0.1, 0.15) is 0 Å². The van der Waals surface area contributed by atoms with Crippen molar-refractivity contribution in [3.05, 3.63) is 57.7 Å². The Labute approximate surface area is 130 Å². The minimum absolute atomic E-state index is 0.420. The molecule has 0 saturated carbocycles. The standard InChI is InChI=1S/C16H13IN2O/c1-10-6-8-11(9-7-10)14-15(20-19-16(14)18)12-4-2-3-5-13(12)17/h2-9H,1H3,(H2,18,19). The molecule has 0 radical (unpaired) electrons. The molecule has 0 unspecified atom stereocenters.